The number of carbonyl (C=O) groups is 1. The van der Waals surface area contributed by atoms with Crippen LogP contribution in [-0.2, 0) is 7.05 Å². The highest BCUT2D eigenvalue weighted by molar-refractivity contribution is 6.33. The van der Waals surface area contributed by atoms with Gasteiger partial charge in [-0.25, -0.2) is 4.79 Å². The smallest absolute Gasteiger partial charge is 0.408 e. The number of alkyl halides is 1. The summed E-state index contributed by atoms with van der Waals surface area (Å²) in [5, 5.41) is -0.590. The molecule has 1 aromatic heterocycles. The zero-order valence-electron chi connectivity index (χ0n) is 8.86. The van der Waals surface area contributed by atoms with Gasteiger partial charge in [-0.2, -0.15) is 0 Å². The van der Waals surface area contributed by atoms with Crippen LogP contribution in [0.5, 0.6) is 0 Å². The number of aromatic nitrogens is 1. The number of ketones is 1. The SMILES string of the molecule is CC(Cl)C(=O)c1ccc2c(c1)oc(=O)n2C. The molecule has 16 heavy (non-hydrogen) atoms. The Bertz CT molecular complexity index is 609. The molecule has 0 N–H and O–H groups in total. The number of nitrogens with zero attached hydrogens (tertiary/aromatic N) is 1. The number of benzene rings is 1. The minimum atomic E-state index is -0.590. The van der Waals surface area contributed by atoms with Crippen molar-refractivity contribution in [1.29, 1.82) is 0 Å². The van der Waals surface area contributed by atoms with E-state index in [4.69, 9.17) is 16.0 Å². The van der Waals surface area contributed by atoms with E-state index in [-0.39, 0.29) is 5.78 Å². The third-order valence-corrected chi connectivity index (χ3v) is 2.64. The standard InChI is InChI=1S/C11H10ClNO3/c1-6(12)10(14)7-3-4-8-9(5-7)16-11(15)13(8)2/h3-6H,1-2H3. The van der Waals surface area contributed by atoms with Gasteiger partial charge in [0.15, 0.2) is 11.4 Å². The van der Waals surface area contributed by atoms with Crippen molar-refractivity contribution >= 4 is 28.5 Å². The normalized spacial score (nSPS) is 12.9. The van der Waals surface area contributed by atoms with Gasteiger partial charge in [0.2, 0.25) is 0 Å². The monoisotopic (exact) mass is 239 g/mol. The van der Waals surface area contributed by atoms with Gasteiger partial charge in [-0.15, -0.1) is 11.6 Å². The predicted octanol–water partition coefficient (Wildman–Crippen LogP) is 1.94. The Morgan fingerprint density at radius 1 is 1.50 bits per heavy atom. The van der Waals surface area contributed by atoms with E-state index in [9.17, 15) is 9.59 Å². The lowest BCUT2D eigenvalue weighted by Gasteiger charge is -2.01. The highest BCUT2D eigenvalue weighted by Gasteiger charge is 2.14. The summed E-state index contributed by atoms with van der Waals surface area (Å²) in [6.45, 7) is 1.61. The van der Waals surface area contributed by atoms with Crippen LogP contribution in [0.4, 0.5) is 0 Å². The number of aryl methyl sites for hydroxylation is 1. The Balaban J connectivity index is 2.61. The summed E-state index contributed by atoms with van der Waals surface area (Å²) in [5.74, 6) is -0.631. The summed E-state index contributed by atoms with van der Waals surface area (Å²) in [7, 11) is 1.61. The van der Waals surface area contributed by atoms with Crippen LogP contribution in [0.25, 0.3) is 11.1 Å². The van der Waals surface area contributed by atoms with Gasteiger partial charge < -0.3 is 4.42 Å². The zero-order valence-corrected chi connectivity index (χ0v) is 9.62. The molecule has 0 aliphatic heterocycles. The lowest BCUT2D eigenvalue weighted by Crippen LogP contribution is -2.10. The number of carbonyl (C=O) groups excluding carboxylic acids is 1. The van der Waals surface area contributed by atoms with E-state index in [1.165, 1.54) is 10.6 Å². The first kappa shape index (κ1) is 11.0. The van der Waals surface area contributed by atoms with Gasteiger partial charge in [-0.1, -0.05) is 0 Å². The van der Waals surface area contributed by atoms with Gasteiger partial charge >= 0.3 is 5.76 Å². The predicted molar refractivity (Wildman–Crippen MR) is 61.1 cm³/mol. The fourth-order valence-corrected chi connectivity index (χ4v) is 1.64. The molecule has 0 spiro atoms. The second kappa shape index (κ2) is 3.79. The van der Waals surface area contributed by atoms with E-state index in [1.54, 1.807) is 26.1 Å². The summed E-state index contributed by atoms with van der Waals surface area (Å²) in [6, 6.07) is 4.85. The molecule has 0 amide bonds. The molecule has 1 heterocycles. The van der Waals surface area contributed by atoms with Crippen molar-refractivity contribution < 1.29 is 9.21 Å². The van der Waals surface area contributed by atoms with Crippen LogP contribution in [-0.4, -0.2) is 15.7 Å². The number of oxazole rings is 1. The number of hydrogen-bond donors (Lipinski definition) is 0. The van der Waals surface area contributed by atoms with Crippen LogP contribution >= 0.6 is 11.6 Å². The van der Waals surface area contributed by atoms with Crippen LogP contribution in [0.3, 0.4) is 0 Å². The van der Waals surface area contributed by atoms with Crippen LogP contribution in [0.15, 0.2) is 27.4 Å². The van der Waals surface area contributed by atoms with Crippen molar-refractivity contribution in [2.75, 3.05) is 0 Å². The van der Waals surface area contributed by atoms with Crippen molar-refractivity contribution in [3.8, 4) is 0 Å². The van der Waals surface area contributed by atoms with Crippen LogP contribution < -0.4 is 5.76 Å². The maximum Gasteiger partial charge on any atom is 0.419 e. The summed E-state index contributed by atoms with van der Waals surface area (Å²) in [6.07, 6.45) is 0. The molecule has 0 fully saturated rings. The number of hydrogen-bond acceptors (Lipinski definition) is 3. The molecule has 0 saturated heterocycles. The average molecular weight is 240 g/mol. The molecule has 4 nitrogen and oxygen atoms in total. The van der Waals surface area contributed by atoms with Gasteiger partial charge in [0.25, 0.3) is 0 Å². The Morgan fingerprint density at radius 2 is 2.19 bits per heavy atom. The first-order chi connectivity index (χ1) is 7.50. The molecule has 5 heteroatoms. The quantitative estimate of drug-likeness (QED) is 0.595. The molecule has 0 aliphatic carbocycles. The van der Waals surface area contributed by atoms with Crippen molar-refractivity contribution in [2.24, 2.45) is 7.05 Å². The lowest BCUT2D eigenvalue weighted by atomic mass is 10.1. The fourth-order valence-electron chi connectivity index (χ4n) is 1.52. The molecule has 1 atom stereocenters. The maximum absolute atomic E-state index is 11.6. The van der Waals surface area contributed by atoms with Crippen molar-refractivity contribution in [3.63, 3.8) is 0 Å². The topological polar surface area (TPSA) is 52.2 Å². The van der Waals surface area contributed by atoms with Crippen LogP contribution in [0, 0.1) is 0 Å². The van der Waals surface area contributed by atoms with E-state index in [0.717, 1.165) is 0 Å². The molecular weight excluding hydrogens is 230 g/mol. The Morgan fingerprint density at radius 3 is 2.81 bits per heavy atom. The molecule has 2 rings (SSSR count). The highest BCUT2D eigenvalue weighted by atomic mass is 35.5. The Hall–Kier alpha value is -1.55. The zero-order chi connectivity index (χ0) is 11.9. The molecular formula is C11H10ClNO3. The molecule has 0 saturated carbocycles. The van der Waals surface area contributed by atoms with E-state index in [1.807, 2.05) is 0 Å². The molecule has 84 valence electrons. The largest absolute Gasteiger partial charge is 0.419 e. The molecule has 0 bridgehead atoms. The van der Waals surface area contributed by atoms with E-state index >= 15 is 0 Å². The van der Waals surface area contributed by atoms with Gasteiger partial charge in [-0.05, 0) is 25.1 Å². The summed E-state index contributed by atoms with van der Waals surface area (Å²) in [5.41, 5.74) is 1.50. The van der Waals surface area contributed by atoms with Crippen LogP contribution in [0.2, 0.25) is 0 Å². The number of fused-ring (bicyclic) bond motifs is 1. The van der Waals surface area contributed by atoms with Crippen molar-refractivity contribution in [1.82, 2.24) is 4.57 Å². The molecule has 0 aliphatic rings. The van der Waals surface area contributed by atoms with Crippen LogP contribution in [0.1, 0.15) is 17.3 Å². The van der Waals surface area contributed by atoms with Crippen molar-refractivity contribution in [2.45, 2.75) is 12.3 Å². The van der Waals surface area contributed by atoms with Gasteiger partial charge in [0, 0.05) is 12.6 Å². The Labute approximate surface area is 96.4 Å². The fraction of sp³-hybridized carbons (Fsp3) is 0.273. The Kier molecular flexibility index (Phi) is 2.59. The second-order valence-corrected chi connectivity index (χ2v) is 4.24. The highest BCUT2D eigenvalue weighted by Crippen LogP contribution is 2.16. The minimum absolute atomic E-state index is 0.185. The van der Waals surface area contributed by atoms with E-state index in [2.05, 4.69) is 0 Å². The molecule has 2 aromatic rings. The second-order valence-electron chi connectivity index (χ2n) is 3.59. The molecule has 0 radical (unpaired) electrons. The molecule has 1 unspecified atom stereocenters. The number of Topliss-reactive ketones (excluding diaryl/α,β-unsaturated/α-hetero) is 1. The van der Waals surface area contributed by atoms with Gasteiger partial charge in [0.1, 0.15) is 0 Å². The third-order valence-electron chi connectivity index (χ3n) is 2.44. The van der Waals surface area contributed by atoms with E-state index < -0.39 is 11.1 Å². The average Bonchev–Trinajstić information content (AvgIpc) is 2.53. The molecule has 1 aromatic carbocycles. The maximum atomic E-state index is 11.6. The summed E-state index contributed by atoms with van der Waals surface area (Å²) in [4.78, 5) is 22.9. The minimum Gasteiger partial charge on any atom is -0.408 e. The lowest BCUT2D eigenvalue weighted by molar-refractivity contribution is 0.0992. The van der Waals surface area contributed by atoms with Crippen molar-refractivity contribution in [3.05, 3.63) is 34.3 Å². The summed E-state index contributed by atoms with van der Waals surface area (Å²) >= 11 is 5.70. The first-order valence-electron chi connectivity index (χ1n) is 4.78. The first-order valence-corrected chi connectivity index (χ1v) is 5.22. The summed E-state index contributed by atoms with van der Waals surface area (Å²) < 4.78 is 6.36. The number of rotatable bonds is 2. The number of halogens is 1. The third kappa shape index (κ3) is 1.65. The van der Waals surface area contributed by atoms with Gasteiger partial charge in [0.05, 0.1) is 10.9 Å². The van der Waals surface area contributed by atoms with Gasteiger partial charge in [-0.3, -0.25) is 9.36 Å². The van der Waals surface area contributed by atoms with E-state index in [0.29, 0.717) is 16.7 Å².